The molecule has 3 unspecified atom stereocenters. The largest absolute Gasteiger partial charge is 0.377 e. The van der Waals surface area contributed by atoms with Crippen LogP contribution in [0.5, 0.6) is 0 Å². The Kier molecular flexibility index (Phi) is 7.51. The number of hydrogen-bond acceptors (Lipinski definition) is 4. The second-order valence-corrected chi connectivity index (χ2v) is 15.3. The van der Waals surface area contributed by atoms with E-state index in [1.807, 2.05) is 0 Å². The molecule has 10 atom stereocenters. The van der Waals surface area contributed by atoms with Gasteiger partial charge in [-0.3, -0.25) is 0 Å². The van der Waals surface area contributed by atoms with E-state index in [0.29, 0.717) is 35.3 Å². The quantitative estimate of drug-likeness (QED) is 0.500. The van der Waals surface area contributed by atoms with Crippen LogP contribution in [0.4, 0.5) is 0 Å². The van der Waals surface area contributed by atoms with Crippen molar-refractivity contribution in [3.8, 4) is 0 Å². The number of nitrogens with one attached hydrogen (secondary N) is 2. The number of allylic oxidation sites excluding steroid dienone is 2. The van der Waals surface area contributed by atoms with Crippen molar-refractivity contribution in [2.75, 3.05) is 19.4 Å². The summed E-state index contributed by atoms with van der Waals surface area (Å²) in [5.41, 5.74) is 3.82. The van der Waals surface area contributed by atoms with E-state index in [4.69, 9.17) is 4.74 Å². The van der Waals surface area contributed by atoms with Gasteiger partial charge in [0, 0.05) is 18.7 Å². The molecule has 3 aliphatic carbocycles. The second kappa shape index (κ2) is 10.0. The molecule has 200 valence electrons. The highest BCUT2D eigenvalue weighted by Gasteiger charge is 2.55. The maximum Gasteiger partial charge on any atom is 0.208 e. The second-order valence-electron chi connectivity index (χ2n) is 13.5. The topological polar surface area (TPSA) is 67.4 Å². The summed E-state index contributed by atoms with van der Waals surface area (Å²) in [6.07, 6.45) is 13.6. The van der Waals surface area contributed by atoms with Crippen molar-refractivity contribution in [1.29, 1.82) is 0 Å². The first kappa shape index (κ1) is 26.2. The van der Waals surface area contributed by atoms with Gasteiger partial charge in [-0.25, -0.2) is 13.1 Å². The minimum atomic E-state index is -3.13. The van der Waals surface area contributed by atoms with Gasteiger partial charge < -0.3 is 10.1 Å². The minimum Gasteiger partial charge on any atom is -0.377 e. The van der Waals surface area contributed by atoms with Crippen molar-refractivity contribution in [3.05, 3.63) is 11.1 Å². The van der Waals surface area contributed by atoms with Crippen molar-refractivity contribution >= 4 is 10.0 Å². The molecule has 5 nitrogen and oxygen atoms in total. The maximum absolute atomic E-state index is 11.9. The zero-order chi connectivity index (χ0) is 25.0. The van der Waals surface area contributed by atoms with Gasteiger partial charge in [0.25, 0.3) is 0 Å². The molecule has 0 bridgehead atoms. The Bertz CT molecular complexity index is 917. The molecule has 0 spiro atoms. The summed E-state index contributed by atoms with van der Waals surface area (Å²) in [5.74, 6) is 4.24. The van der Waals surface area contributed by atoms with Crippen LogP contribution in [-0.2, 0) is 14.8 Å². The van der Waals surface area contributed by atoms with Crippen LogP contribution in [-0.4, -0.2) is 46.0 Å². The summed E-state index contributed by atoms with van der Waals surface area (Å²) in [7, 11) is -3.13. The number of hydrogen-bond donors (Lipinski definition) is 2. The molecule has 3 saturated carbocycles. The first-order chi connectivity index (χ1) is 16.5. The average molecular weight is 507 g/mol. The molecule has 4 fully saturated rings. The molecule has 0 aromatic rings. The predicted octanol–water partition coefficient (Wildman–Crippen LogP) is 5.28. The molecule has 5 aliphatic rings. The number of sulfonamides is 1. The summed E-state index contributed by atoms with van der Waals surface area (Å²) in [6.45, 7) is 11.8. The lowest BCUT2D eigenvalue weighted by Crippen LogP contribution is -2.52. The minimum absolute atomic E-state index is 0.128. The van der Waals surface area contributed by atoms with Gasteiger partial charge in [0.1, 0.15) is 0 Å². The Morgan fingerprint density at radius 2 is 1.89 bits per heavy atom. The molecule has 0 amide bonds. The van der Waals surface area contributed by atoms with Crippen molar-refractivity contribution in [3.63, 3.8) is 0 Å². The van der Waals surface area contributed by atoms with Crippen molar-refractivity contribution < 1.29 is 13.2 Å². The maximum atomic E-state index is 11.9. The smallest absolute Gasteiger partial charge is 0.208 e. The molecular weight excluding hydrogens is 456 g/mol. The van der Waals surface area contributed by atoms with Crippen LogP contribution in [0.3, 0.4) is 0 Å². The highest BCUT2D eigenvalue weighted by molar-refractivity contribution is 7.88. The summed E-state index contributed by atoms with van der Waals surface area (Å²) in [6, 6.07) is 0.601. The lowest BCUT2D eigenvalue weighted by atomic mass is 9.52. The fourth-order valence-corrected chi connectivity index (χ4v) is 10.2. The first-order valence-corrected chi connectivity index (χ1v) is 16.4. The van der Waals surface area contributed by atoms with Crippen molar-refractivity contribution in [2.24, 2.45) is 40.9 Å². The molecule has 0 aromatic heterocycles. The summed E-state index contributed by atoms with van der Waals surface area (Å²) >= 11 is 0. The van der Waals surface area contributed by atoms with Gasteiger partial charge in [-0.05, 0) is 119 Å². The Morgan fingerprint density at radius 1 is 1.09 bits per heavy atom. The monoisotopic (exact) mass is 506 g/mol. The molecule has 35 heavy (non-hydrogen) atoms. The van der Waals surface area contributed by atoms with Gasteiger partial charge >= 0.3 is 0 Å². The van der Waals surface area contributed by atoms with Crippen LogP contribution in [0.25, 0.3) is 0 Å². The molecule has 0 aromatic carbocycles. The third kappa shape index (κ3) is 5.28. The molecule has 5 rings (SSSR count). The van der Waals surface area contributed by atoms with E-state index in [0.717, 1.165) is 50.2 Å². The average Bonchev–Trinajstić information content (AvgIpc) is 3.15. The lowest BCUT2D eigenvalue weighted by Gasteiger charge is -2.54. The zero-order valence-electron chi connectivity index (χ0n) is 22.8. The lowest BCUT2D eigenvalue weighted by molar-refractivity contribution is -0.0395. The van der Waals surface area contributed by atoms with Gasteiger partial charge in [0.2, 0.25) is 10.0 Å². The van der Waals surface area contributed by atoms with Crippen LogP contribution < -0.4 is 10.0 Å². The van der Waals surface area contributed by atoms with Crippen LogP contribution in [0, 0.1) is 40.9 Å². The van der Waals surface area contributed by atoms with Crippen LogP contribution >= 0.6 is 0 Å². The normalized spacial score (nSPS) is 49.2. The molecule has 0 radical (unpaired) electrons. The summed E-state index contributed by atoms with van der Waals surface area (Å²) in [5, 5.41) is 3.85. The summed E-state index contributed by atoms with van der Waals surface area (Å²) < 4.78 is 33.2. The number of fused-ring (bicyclic) bond motifs is 6. The highest BCUT2D eigenvalue weighted by atomic mass is 32.2. The molecule has 2 aliphatic heterocycles. The fourth-order valence-electron chi connectivity index (χ4n) is 9.35. The van der Waals surface area contributed by atoms with E-state index in [1.54, 1.807) is 11.1 Å². The molecule has 2 heterocycles. The molecular formula is C29H50N2O3S. The van der Waals surface area contributed by atoms with Gasteiger partial charge in [-0.1, -0.05) is 31.9 Å². The zero-order valence-corrected chi connectivity index (χ0v) is 23.6. The molecule has 2 N–H and O–H groups in total. The fraction of sp³-hybridized carbons (Fsp3) is 0.931. The third-order valence-corrected chi connectivity index (χ3v) is 11.8. The van der Waals surface area contributed by atoms with E-state index >= 15 is 0 Å². The molecule has 6 heteroatoms. The standard InChI is InChI=1S/C29H50N2O3S/c1-18-13-27-28(30-17-18)20(3)14-19(2)25-16-26-24(23(25)7-6-12-34-27)9-8-21-15-22(31-35(5,32)33)10-11-29(21,26)4/h18,20-24,26-28,30-31H,6-17H2,1-5H3/b25-19-/t18-,20-,21+,22+,23-,24?,26-,27+,28?,29?/m0/s1. The first-order valence-electron chi connectivity index (χ1n) is 14.6. The van der Waals surface area contributed by atoms with E-state index in [1.165, 1.54) is 51.2 Å². The third-order valence-electron chi connectivity index (χ3n) is 11.0. The van der Waals surface area contributed by atoms with Crippen LogP contribution in [0.2, 0.25) is 0 Å². The number of rotatable bonds is 2. The van der Waals surface area contributed by atoms with Crippen molar-refractivity contribution in [1.82, 2.24) is 10.0 Å². The van der Waals surface area contributed by atoms with Crippen LogP contribution in [0.1, 0.15) is 91.9 Å². The predicted molar refractivity (Wildman–Crippen MR) is 143 cm³/mol. The summed E-state index contributed by atoms with van der Waals surface area (Å²) in [4.78, 5) is 0. The number of piperidine rings is 1. The Balaban J connectivity index is 1.36. The number of ether oxygens (including phenoxy) is 1. The van der Waals surface area contributed by atoms with Gasteiger partial charge in [-0.15, -0.1) is 0 Å². The van der Waals surface area contributed by atoms with Crippen LogP contribution in [0.15, 0.2) is 11.1 Å². The van der Waals surface area contributed by atoms with E-state index in [9.17, 15) is 8.42 Å². The Labute approximate surface area is 214 Å². The van der Waals surface area contributed by atoms with Gasteiger partial charge in [-0.2, -0.15) is 0 Å². The highest BCUT2D eigenvalue weighted by Crippen LogP contribution is 2.63. The Morgan fingerprint density at radius 3 is 2.66 bits per heavy atom. The van der Waals surface area contributed by atoms with E-state index in [-0.39, 0.29) is 6.04 Å². The SMILES string of the molecule is C/C1=C2\C[C@H]3C(CC[C@@H]4C[C@H](NS(C)(=O)=O)CCC43C)[C@@H]2CCCO[C@@H]2C[C@H](C)CNC2[C@@H](C)C1. The Hall–Kier alpha value is -0.430. The van der Waals surface area contributed by atoms with E-state index < -0.39 is 10.0 Å². The van der Waals surface area contributed by atoms with Crippen molar-refractivity contribution in [2.45, 2.75) is 110 Å². The van der Waals surface area contributed by atoms with E-state index in [2.05, 4.69) is 37.7 Å². The molecule has 1 saturated heterocycles. The van der Waals surface area contributed by atoms with Gasteiger partial charge in [0.15, 0.2) is 0 Å². The van der Waals surface area contributed by atoms with Gasteiger partial charge in [0.05, 0.1) is 12.4 Å².